The van der Waals surface area contributed by atoms with Gasteiger partial charge in [0, 0.05) is 32.6 Å². The van der Waals surface area contributed by atoms with E-state index in [9.17, 15) is 9.59 Å². The number of likely N-dealkylation sites (N-methyl/N-ethyl adjacent to an activating group) is 1. The average Bonchev–Trinajstić information content (AvgIpc) is 2.25. The summed E-state index contributed by atoms with van der Waals surface area (Å²) in [7, 11) is 1.61. The van der Waals surface area contributed by atoms with Gasteiger partial charge in [0.1, 0.15) is 6.04 Å². The molecule has 1 unspecified atom stereocenters. The van der Waals surface area contributed by atoms with Gasteiger partial charge in [-0.2, -0.15) is 0 Å². The molecule has 0 aromatic rings. The third-order valence-corrected chi connectivity index (χ3v) is 3.53. The van der Waals surface area contributed by atoms with Gasteiger partial charge < -0.3 is 15.5 Å². The molecule has 0 spiro atoms. The Kier molecular flexibility index (Phi) is 3.43. The summed E-state index contributed by atoms with van der Waals surface area (Å²) in [6.45, 7) is 2.00. The minimum atomic E-state index is -0.327. The Bertz CT molecular complexity index is 289. The van der Waals surface area contributed by atoms with Gasteiger partial charge in [0.05, 0.1) is 0 Å². The molecule has 5 heteroatoms. The van der Waals surface area contributed by atoms with Gasteiger partial charge >= 0.3 is 0 Å². The first-order valence-electron chi connectivity index (χ1n) is 5.97. The molecule has 1 saturated heterocycles. The average molecular weight is 225 g/mol. The van der Waals surface area contributed by atoms with Gasteiger partial charge in [0.2, 0.25) is 11.8 Å². The van der Waals surface area contributed by atoms with Crippen molar-refractivity contribution in [3.8, 4) is 0 Å². The predicted octanol–water partition coefficient (Wildman–Crippen LogP) is -0.667. The quantitative estimate of drug-likeness (QED) is 0.655. The van der Waals surface area contributed by atoms with E-state index in [4.69, 9.17) is 0 Å². The Morgan fingerprint density at radius 1 is 1.38 bits per heavy atom. The number of amides is 2. The van der Waals surface area contributed by atoms with Crippen LogP contribution in [0.4, 0.5) is 0 Å². The highest BCUT2D eigenvalue weighted by Gasteiger charge is 2.36. The van der Waals surface area contributed by atoms with Crippen LogP contribution in [0.2, 0.25) is 0 Å². The van der Waals surface area contributed by atoms with Crippen LogP contribution in [0.15, 0.2) is 0 Å². The van der Waals surface area contributed by atoms with Gasteiger partial charge in [0.25, 0.3) is 0 Å². The highest BCUT2D eigenvalue weighted by Crippen LogP contribution is 2.29. The highest BCUT2D eigenvalue weighted by atomic mass is 16.2. The zero-order valence-corrected chi connectivity index (χ0v) is 9.66. The van der Waals surface area contributed by atoms with Gasteiger partial charge in [-0.25, -0.2) is 0 Å². The first-order valence-corrected chi connectivity index (χ1v) is 5.97. The lowest BCUT2D eigenvalue weighted by molar-refractivity contribution is -0.146. The maximum Gasteiger partial charge on any atom is 0.243 e. The third-order valence-electron chi connectivity index (χ3n) is 3.53. The van der Waals surface area contributed by atoms with Crippen molar-refractivity contribution in [1.29, 1.82) is 0 Å². The fourth-order valence-electron chi connectivity index (χ4n) is 2.26. The zero-order valence-electron chi connectivity index (χ0n) is 9.66. The van der Waals surface area contributed by atoms with E-state index in [1.54, 1.807) is 11.9 Å². The van der Waals surface area contributed by atoms with E-state index in [-0.39, 0.29) is 23.8 Å². The normalized spacial score (nSPS) is 26.1. The van der Waals surface area contributed by atoms with Gasteiger partial charge in [0.15, 0.2) is 0 Å². The van der Waals surface area contributed by atoms with E-state index in [0.29, 0.717) is 13.1 Å². The summed E-state index contributed by atoms with van der Waals surface area (Å²) in [5, 5.41) is 5.78. The molecule has 2 amide bonds. The van der Waals surface area contributed by atoms with Crippen LogP contribution in [0.5, 0.6) is 0 Å². The molecule has 2 N–H and O–H groups in total. The number of piperazine rings is 1. The molecule has 1 aliphatic heterocycles. The lowest BCUT2D eigenvalue weighted by Crippen LogP contribution is -2.60. The van der Waals surface area contributed by atoms with Gasteiger partial charge in [-0.3, -0.25) is 9.59 Å². The van der Waals surface area contributed by atoms with Crippen LogP contribution in [-0.2, 0) is 9.59 Å². The smallest absolute Gasteiger partial charge is 0.243 e. The summed E-state index contributed by atoms with van der Waals surface area (Å²) in [6.07, 6.45) is 3.12. The lowest BCUT2D eigenvalue weighted by Gasteiger charge is -2.39. The molecule has 0 bridgehead atoms. The van der Waals surface area contributed by atoms with Crippen LogP contribution >= 0.6 is 0 Å². The maximum absolute atomic E-state index is 12.1. The molecule has 1 saturated carbocycles. The van der Waals surface area contributed by atoms with E-state index >= 15 is 0 Å². The number of carbonyl (C=O) groups is 2. The largest absolute Gasteiger partial charge is 0.357 e. The summed E-state index contributed by atoms with van der Waals surface area (Å²) in [5.74, 6) is 0.270. The zero-order chi connectivity index (χ0) is 11.5. The number of rotatable bonds is 2. The number of nitrogens with zero attached hydrogens (tertiary/aromatic N) is 1. The first kappa shape index (κ1) is 11.4. The van der Waals surface area contributed by atoms with Crippen LogP contribution < -0.4 is 10.6 Å². The van der Waals surface area contributed by atoms with Crippen LogP contribution in [0.3, 0.4) is 0 Å². The molecule has 1 aliphatic carbocycles. The molecular weight excluding hydrogens is 206 g/mol. The fraction of sp³-hybridized carbons (Fsp3) is 0.818. The Morgan fingerprint density at radius 2 is 2.12 bits per heavy atom. The molecule has 0 radical (unpaired) electrons. The fourth-order valence-corrected chi connectivity index (χ4v) is 2.26. The van der Waals surface area contributed by atoms with E-state index in [1.807, 2.05) is 0 Å². The second-order valence-corrected chi connectivity index (χ2v) is 4.49. The summed E-state index contributed by atoms with van der Waals surface area (Å²) in [4.78, 5) is 25.5. The summed E-state index contributed by atoms with van der Waals surface area (Å²) in [6, 6.07) is -0.327. The minimum Gasteiger partial charge on any atom is -0.357 e. The lowest BCUT2D eigenvalue weighted by atomic mass is 9.84. The van der Waals surface area contributed by atoms with Crippen molar-refractivity contribution in [2.75, 3.05) is 26.7 Å². The van der Waals surface area contributed by atoms with Crippen LogP contribution in [0.25, 0.3) is 0 Å². The van der Waals surface area contributed by atoms with E-state index in [0.717, 1.165) is 25.8 Å². The van der Waals surface area contributed by atoms with Crippen molar-refractivity contribution < 1.29 is 9.59 Å². The van der Waals surface area contributed by atoms with E-state index in [2.05, 4.69) is 10.6 Å². The second-order valence-electron chi connectivity index (χ2n) is 4.49. The summed E-state index contributed by atoms with van der Waals surface area (Å²) < 4.78 is 0. The number of hydrogen-bond donors (Lipinski definition) is 2. The second kappa shape index (κ2) is 4.82. The van der Waals surface area contributed by atoms with Crippen molar-refractivity contribution in [3.63, 3.8) is 0 Å². The number of carbonyl (C=O) groups excluding carboxylic acids is 2. The van der Waals surface area contributed by atoms with Crippen molar-refractivity contribution in [2.45, 2.75) is 25.3 Å². The molecule has 2 aliphatic rings. The van der Waals surface area contributed by atoms with Crippen molar-refractivity contribution >= 4 is 11.8 Å². The topological polar surface area (TPSA) is 61.4 Å². The highest BCUT2D eigenvalue weighted by molar-refractivity contribution is 5.89. The maximum atomic E-state index is 12.1. The van der Waals surface area contributed by atoms with E-state index in [1.165, 1.54) is 0 Å². The van der Waals surface area contributed by atoms with Gasteiger partial charge in [-0.1, -0.05) is 6.42 Å². The van der Waals surface area contributed by atoms with Crippen molar-refractivity contribution in [3.05, 3.63) is 0 Å². The van der Waals surface area contributed by atoms with Crippen LogP contribution in [-0.4, -0.2) is 49.4 Å². The molecule has 0 aromatic carbocycles. The standard InChI is InChI=1S/C11H19N3O2/c1-12-10(15)9-7-13-5-6-14(9)11(16)8-3-2-4-8/h8-9,13H,2-7H2,1H3,(H,12,15). The first-order chi connectivity index (χ1) is 7.74. The summed E-state index contributed by atoms with van der Waals surface area (Å²) >= 11 is 0. The number of nitrogens with one attached hydrogen (secondary N) is 2. The molecule has 2 rings (SSSR count). The Morgan fingerprint density at radius 3 is 2.69 bits per heavy atom. The molecule has 2 fully saturated rings. The molecule has 90 valence electrons. The minimum absolute atomic E-state index is 0.0696. The Balaban J connectivity index is 2.03. The predicted molar refractivity (Wildman–Crippen MR) is 59.8 cm³/mol. The molecule has 5 nitrogen and oxygen atoms in total. The number of hydrogen-bond acceptors (Lipinski definition) is 3. The third kappa shape index (κ3) is 2.04. The van der Waals surface area contributed by atoms with Crippen LogP contribution in [0.1, 0.15) is 19.3 Å². The van der Waals surface area contributed by atoms with Crippen LogP contribution in [0, 0.1) is 5.92 Å². The monoisotopic (exact) mass is 225 g/mol. The Hall–Kier alpha value is -1.10. The molecular formula is C11H19N3O2. The molecule has 1 heterocycles. The SMILES string of the molecule is CNC(=O)C1CNCCN1C(=O)C1CCC1. The summed E-state index contributed by atoms with van der Waals surface area (Å²) in [5.41, 5.74) is 0. The van der Waals surface area contributed by atoms with Crippen molar-refractivity contribution in [1.82, 2.24) is 15.5 Å². The van der Waals surface area contributed by atoms with Gasteiger partial charge in [-0.15, -0.1) is 0 Å². The Labute approximate surface area is 95.6 Å². The molecule has 0 aromatic heterocycles. The molecule has 1 atom stereocenters. The van der Waals surface area contributed by atoms with Crippen molar-refractivity contribution in [2.24, 2.45) is 5.92 Å². The van der Waals surface area contributed by atoms with Gasteiger partial charge in [-0.05, 0) is 12.8 Å². The molecule has 16 heavy (non-hydrogen) atoms. The van der Waals surface area contributed by atoms with E-state index < -0.39 is 0 Å².